The van der Waals surface area contributed by atoms with Crippen molar-refractivity contribution in [1.82, 2.24) is 0 Å². The smallest absolute Gasteiger partial charge is 0.0420 e. The molecule has 0 saturated carbocycles. The van der Waals surface area contributed by atoms with Crippen LogP contribution in [-0.2, 0) is 0 Å². The summed E-state index contributed by atoms with van der Waals surface area (Å²) < 4.78 is 0. The summed E-state index contributed by atoms with van der Waals surface area (Å²) in [5, 5.41) is 0. The zero-order chi connectivity index (χ0) is 6.57. The summed E-state index contributed by atoms with van der Waals surface area (Å²) >= 11 is 0. The van der Waals surface area contributed by atoms with Crippen LogP contribution in [0.5, 0.6) is 0 Å². The van der Waals surface area contributed by atoms with Crippen LogP contribution >= 0.6 is 0 Å². The molecule has 0 fully saturated rings. The largest absolute Gasteiger partial charge is 0.412 e. The van der Waals surface area contributed by atoms with Gasteiger partial charge in [0, 0.05) is 0 Å². The average Bonchev–Trinajstić information content (AvgIpc) is 1.67. The lowest BCUT2D eigenvalue weighted by atomic mass is 9.94. The Morgan fingerprint density at radius 1 is 1.11 bits per heavy atom. The van der Waals surface area contributed by atoms with Crippen molar-refractivity contribution in [2.24, 2.45) is 11.8 Å². The van der Waals surface area contributed by atoms with Gasteiger partial charge in [0.15, 0.2) is 0 Å². The Balaban J connectivity index is 0. The Morgan fingerprint density at radius 2 is 1.56 bits per heavy atom. The first-order valence-electron chi connectivity index (χ1n) is 3.68. The van der Waals surface area contributed by atoms with E-state index in [0.29, 0.717) is 0 Å². The fourth-order valence-electron chi connectivity index (χ4n) is 0.789. The third-order valence-corrected chi connectivity index (χ3v) is 1.88. The molecule has 0 spiro atoms. The van der Waals surface area contributed by atoms with E-state index in [9.17, 15) is 0 Å². The van der Waals surface area contributed by atoms with Gasteiger partial charge in [-0.15, -0.1) is 0 Å². The zero-order valence-corrected chi connectivity index (χ0v) is 7.07. The first-order chi connectivity index (χ1) is 3.68. The molecule has 0 aromatic rings. The zero-order valence-electron chi connectivity index (χ0n) is 7.07. The minimum absolute atomic E-state index is 0. The molecule has 0 aromatic carbocycles. The van der Waals surface area contributed by atoms with E-state index in [2.05, 4.69) is 27.7 Å². The molecule has 1 heteroatoms. The third-order valence-electron chi connectivity index (χ3n) is 1.88. The van der Waals surface area contributed by atoms with Gasteiger partial charge in [-0.1, -0.05) is 40.5 Å². The maximum Gasteiger partial charge on any atom is -0.0420 e. The lowest BCUT2D eigenvalue weighted by Crippen LogP contribution is -2.02. The predicted octanol–water partition coefficient (Wildman–Crippen LogP) is 2.25. The molecule has 1 atom stereocenters. The summed E-state index contributed by atoms with van der Waals surface area (Å²) in [6.45, 7) is 9.16. The fourth-order valence-corrected chi connectivity index (χ4v) is 0.789. The van der Waals surface area contributed by atoms with Crippen molar-refractivity contribution in [3.8, 4) is 0 Å². The van der Waals surface area contributed by atoms with Gasteiger partial charge in [-0.25, -0.2) is 0 Å². The molecule has 0 saturated heterocycles. The maximum atomic E-state index is 2.33. The van der Waals surface area contributed by atoms with Crippen LogP contribution in [0.2, 0.25) is 0 Å². The van der Waals surface area contributed by atoms with Crippen LogP contribution in [0.15, 0.2) is 0 Å². The topological polar surface area (TPSA) is 31.5 Å². The molecule has 0 aliphatic heterocycles. The van der Waals surface area contributed by atoms with Gasteiger partial charge >= 0.3 is 0 Å². The Bertz CT molecular complexity index is 50.5. The number of hydrogen-bond acceptors (Lipinski definition) is 0. The second-order valence-electron chi connectivity index (χ2n) is 3.01. The summed E-state index contributed by atoms with van der Waals surface area (Å²) in [6.07, 6.45) is 2.72. The highest BCUT2D eigenvalue weighted by Gasteiger charge is 2.03. The molecule has 1 unspecified atom stereocenters. The van der Waals surface area contributed by atoms with E-state index in [0.717, 1.165) is 11.8 Å². The highest BCUT2D eigenvalue weighted by molar-refractivity contribution is 4.54. The van der Waals surface area contributed by atoms with Gasteiger partial charge in [0.05, 0.1) is 0 Å². The molecule has 2 N–H and O–H groups in total. The average molecular weight is 132 g/mol. The van der Waals surface area contributed by atoms with E-state index in [-0.39, 0.29) is 5.48 Å². The number of hydrogen-bond donors (Lipinski definition) is 0. The third kappa shape index (κ3) is 5.84. The number of rotatable bonds is 3. The minimum atomic E-state index is 0. The second kappa shape index (κ2) is 6.09. The summed E-state index contributed by atoms with van der Waals surface area (Å²) in [5.74, 6) is 1.79. The lowest BCUT2D eigenvalue weighted by Gasteiger charge is -2.12. The molecule has 0 radical (unpaired) electrons. The molecule has 0 amide bonds. The van der Waals surface area contributed by atoms with E-state index in [1.165, 1.54) is 12.8 Å². The van der Waals surface area contributed by atoms with E-state index in [4.69, 9.17) is 0 Å². The second-order valence-corrected chi connectivity index (χ2v) is 3.01. The van der Waals surface area contributed by atoms with Gasteiger partial charge in [-0.3, -0.25) is 0 Å². The van der Waals surface area contributed by atoms with Crippen molar-refractivity contribution < 1.29 is 5.48 Å². The molecule has 0 aliphatic carbocycles. The summed E-state index contributed by atoms with van der Waals surface area (Å²) in [4.78, 5) is 0. The van der Waals surface area contributed by atoms with Crippen molar-refractivity contribution in [3.63, 3.8) is 0 Å². The van der Waals surface area contributed by atoms with Gasteiger partial charge in [-0.05, 0) is 11.8 Å². The van der Waals surface area contributed by atoms with Crippen molar-refractivity contribution in [2.75, 3.05) is 0 Å². The van der Waals surface area contributed by atoms with Crippen LogP contribution in [-0.4, -0.2) is 5.48 Å². The van der Waals surface area contributed by atoms with Gasteiger partial charge in [-0.2, -0.15) is 0 Å². The maximum absolute atomic E-state index is 2.33. The standard InChI is InChI=1S/C8H18.H2O/c1-5-6-8(4)7(2)3;/h7-8H,5-6H2,1-4H3;1H2. The summed E-state index contributed by atoms with van der Waals surface area (Å²) in [6, 6.07) is 0. The van der Waals surface area contributed by atoms with E-state index < -0.39 is 0 Å². The van der Waals surface area contributed by atoms with E-state index >= 15 is 0 Å². The quantitative estimate of drug-likeness (QED) is 0.564. The van der Waals surface area contributed by atoms with Crippen molar-refractivity contribution in [3.05, 3.63) is 0 Å². The molecule has 0 rings (SSSR count). The lowest BCUT2D eigenvalue weighted by molar-refractivity contribution is 0.389. The molecule has 0 bridgehead atoms. The monoisotopic (exact) mass is 132 g/mol. The van der Waals surface area contributed by atoms with Crippen LogP contribution in [0.1, 0.15) is 40.5 Å². The van der Waals surface area contributed by atoms with E-state index in [1.807, 2.05) is 0 Å². The van der Waals surface area contributed by atoms with E-state index in [1.54, 1.807) is 0 Å². The van der Waals surface area contributed by atoms with Crippen LogP contribution in [0.25, 0.3) is 0 Å². The predicted molar refractivity (Wildman–Crippen MR) is 42.5 cm³/mol. The first kappa shape index (κ1) is 11.7. The minimum Gasteiger partial charge on any atom is -0.412 e. The van der Waals surface area contributed by atoms with Crippen molar-refractivity contribution in [1.29, 1.82) is 0 Å². The van der Waals surface area contributed by atoms with Gasteiger partial charge < -0.3 is 5.48 Å². The normalized spacial score (nSPS) is 13.0. The van der Waals surface area contributed by atoms with Crippen LogP contribution < -0.4 is 0 Å². The highest BCUT2D eigenvalue weighted by Crippen LogP contribution is 2.14. The molecule has 0 heterocycles. The molecule has 58 valence electrons. The van der Waals surface area contributed by atoms with Gasteiger partial charge in [0.1, 0.15) is 0 Å². The van der Waals surface area contributed by atoms with Crippen LogP contribution in [0.4, 0.5) is 0 Å². The summed E-state index contributed by atoms with van der Waals surface area (Å²) in [7, 11) is 0. The van der Waals surface area contributed by atoms with Gasteiger partial charge in [0.25, 0.3) is 0 Å². The Hall–Kier alpha value is -0.0400. The Kier molecular flexibility index (Phi) is 7.92. The Morgan fingerprint density at radius 3 is 1.67 bits per heavy atom. The fraction of sp³-hybridized carbons (Fsp3) is 1.00. The molecule has 0 aromatic heterocycles. The molecular weight excluding hydrogens is 112 g/mol. The van der Waals surface area contributed by atoms with Crippen molar-refractivity contribution in [2.45, 2.75) is 40.5 Å². The molecular formula is C8H20O. The SMILES string of the molecule is CCCC(C)C(C)C.O. The van der Waals surface area contributed by atoms with Gasteiger partial charge in [0.2, 0.25) is 0 Å². The van der Waals surface area contributed by atoms with Crippen molar-refractivity contribution >= 4 is 0 Å². The molecule has 0 aliphatic rings. The molecule has 9 heavy (non-hydrogen) atoms. The van der Waals surface area contributed by atoms with Crippen LogP contribution in [0.3, 0.4) is 0 Å². The first-order valence-corrected chi connectivity index (χ1v) is 3.68. The van der Waals surface area contributed by atoms with Crippen LogP contribution in [0, 0.1) is 11.8 Å². The summed E-state index contributed by atoms with van der Waals surface area (Å²) in [5.41, 5.74) is 0. The molecule has 1 nitrogen and oxygen atoms in total. The highest BCUT2D eigenvalue weighted by atomic mass is 16.0. The Labute approximate surface area is 58.8 Å².